The Labute approximate surface area is 120 Å². The summed E-state index contributed by atoms with van der Waals surface area (Å²) in [6.07, 6.45) is 2.93. The van der Waals surface area contributed by atoms with Crippen molar-refractivity contribution >= 4 is 17.7 Å². The molecule has 112 valence electrons. The fraction of sp³-hybridized carbons (Fsp3) is 0.333. The maximum absolute atomic E-state index is 12.0. The van der Waals surface area contributed by atoms with E-state index in [1.165, 1.54) is 17.1 Å². The number of nitrogens with one attached hydrogen (secondary N) is 3. The van der Waals surface area contributed by atoms with E-state index in [1.54, 1.807) is 20.9 Å². The average Bonchev–Trinajstić information content (AvgIpc) is 2.96. The van der Waals surface area contributed by atoms with Gasteiger partial charge in [-0.25, -0.2) is 9.59 Å². The fourth-order valence-corrected chi connectivity index (χ4v) is 1.89. The van der Waals surface area contributed by atoms with Crippen molar-refractivity contribution in [2.45, 2.75) is 19.9 Å². The Hall–Kier alpha value is -2.84. The normalized spacial score (nSPS) is 12.0. The van der Waals surface area contributed by atoms with E-state index in [-0.39, 0.29) is 0 Å². The van der Waals surface area contributed by atoms with Crippen LogP contribution in [-0.2, 0) is 11.8 Å². The Balaban J connectivity index is 2.11. The van der Waals surface area contributed by atoms with Crippen LogP contribution in [0, 0.1) is 13.8 Å². The standard InChI is InChI=1S/C12H16N6O3/c1-6-9(7(2)17-16-6)14-12(21)15-10(11(19)20)8-4-13-18(3)5-8/h4-5,10H,1-3H3,(H,16,17)(H,19,20)(H2,14,15,21). The van der Waals surface area contributed by atoms with Crippen LogP contribution in [-0.4, -0.2) is 37.1 Å². The first-order valence-electron chi connectivity index (χ1n) is 6.19. The highest BCUT2D eigenvalue weighted by molar-refractivity contribution is 5.93. The monoisotopic (exact) mass is 292 g/mol. The topological polar surface area (TPSA) is 125 Å². The second kappa shape index (κ2) is 5.65. The zero-order chi connectivity index (χ0) is 15.6. The summed E-state index contributed by atoms with van der Waals surface area (Å²) in [5.74, 6) is -1.17. The van der Waals surface area contributed by atoms with Crippen molar-refractivity contribution in [3.63, 3.8) is 0 Å². The Morgan fingerprint density at radius 2 is 2.14 bits per heavy atom. The second-order valence-electron chi connectivity index (χ2n) is 4.63. The lowest BCUT2D eigenvalue weighted by atomic mass is 10.1. The quantitative estimate of drug-likeness (QED) is 0.660. The number of nitrogens with zero attached hydrogens (tertiary/aromatic N) is 3. The van der Waals surface area contributed by atoms with Crippen molar-refractivity contribution in [3.8, 4) is 0 Å². The summed E-state index contributed by atoms with van der Waals surface area (Å²) in [7, 11) is 1.67. The number of aryl methyl sites for hydroxylation is 3. The van der Waals surface area contributed by atoms with Gasteiger partial charge in [0.1, 0.15) is 0 Å². The molecule has 21 heavy (non-hydrogen) atoms. The molecule has 0 spiro atoms. The maximum Gasteiger partial charge on any atom is 0.331 e. The Morgan fingerprint density at radius 1 is 1.43 bits per heavy atom. The molecule has 2 heterocycles. The fourth-order valence-electron chi connectivity index (χ4n) is 1.89. The molecule has 4 N–H and O–H groups in total. The van der Waals surface area contributed by atoms with Crippen LogP contribution in [0.15, 0.2) is 12.4 Å². The SMILES string of the molecule is Cc1n[nH]c(C)c1NC(=O)NC(C(=O)O)c1cnn(C)c1. The first-order chi connectivity index (χ1) is 9.88. The van der Waals surface area contributed by atoms with E-state index in [2.05, 4.69) is 25.9 Å². The summed E-state index contributed by atoms with van der Waals surface area (Å²) in [5, 5.41) is 24.8. The van der Waals surface area contributed by atoms with Crippen LogP contribution in [0.2, 0.25) is 0 Å². The molecule has 2 aromatic rings. The molecule has 9 nitrogen and oxygen atoms in total. The summed E-state index contributed by atoms with van der Waals surface area (Å²) < 4.78 is 1.47. The van der Waals surface area contributed by atoms with E-state index in [9.17, 15) is 14.7 Å². The minimum absolute atomic E-state index is 0.390. The number of carbonyl (C=O) groups excluding carboxylic acids is 1. The smallest absolute Gasteiger partial charge is 0.331 e. The number of hydrogen-bond acceptors (Lipinski definition) is 4. The number of urea groups is 1. The number of carboxylic acids is 1. The predicted octanol–water partition coefficient (Wildman–Crippen LogP) is 0.707. The molecule has 1 atom stereocenters. The maximum atomic E-state index is 12.0. The van der Waals surface area contributed by atoms with Crippen molar-refractivity contribution in [2.24, 2.45) is 7.05 Å². The Kier molecular flexibility index (Phi) is 3.92. The number of aromatic amines is 1. The highest BCUT2D eigenvalue weighted by Crippen LogP contribution is 2.17. The summed E-state index contributed by atoms with van der Waals surface area (Å²) in [6.45, 7) is 3.49. The number of H-pyrrole nitrogens is 1. The average molecular weight is 292 g/mol. The van der Waals surface area contributed by atoms with Gasteiger partial charge in [-0.2, -0.15) is 10.2 Å². The van der Waals surface area contributed by atoms with Crippen LogP contribution in [0.5, 0.6) is 0 Å². The first-order valence-corrected chi connectivity index (χ1v) is 6.19. The molecular weight excluding hydrogens is 276 g/mol. The molecular formula is C12H16N6O3. The van der Waals surface area contributed by atoms with Gasteiger partial charge in [0, 0.05) is 18.8 Å². The van der Waals surface area contributed by atoms with Gasteiger partial charge in [0.25, 0.3) is 0 Å². The number of anilines is 1. The molecule has 0 fully saturated rings. The molecule has 0 radical (unpaired) electrons. The van der Waals surface area contributed by atoms with Crippen LogP contribution in [0.1, 0.15) is 23.0 Å². The van der Waals surface area contributed by atoms with Crippen LogP contribution in [0.3, 0.4) is 0 Å². The molecule has 2 rings (SSSR count). The summed E-state index contributed by atoms with van der Waals surface area (Å²) in [5.41, 5.74) is 2.23. The molecule has 0 aliphatic heterocycles. The van der Waals surface area contributed by atoms with Gasteiger partial charge in [0.2, 0.25) is 0 Å². The van der Waals surface area contributed by atoms with Crippen molar-refractivity contribution in [3.05, 3.63) is 29.3 Å². The summed E-state index contributed by atoms with van der Waals surface area (Å²) >= 11 is 0. The van der Waals surface area contributed by atoms with E-state index in [4.69, 9.17) is 0 Å². The number of hydrogen-bond donors (Lipinski definition) is 4. The molecule has 1 unspecified atom stereocenters. The number of amides is 2. The van der Waals surface area contributed by atoms with Gasteiger partial charge in [-0.05, 0) is 13.8 Å². The number of carboxylic acid groups (broad SMARTS) is 1. The van der Waals surface area contributed by atoms with Crippen molar-refractivity contribution in [2.75, 3.05) is 5.32 Å². The lowest BCUT2D eigenvalue weighted by Crippen LogP contribution is -2.36. The Bertz CT molecular complexity index is 655. The minimum Gasteiger partial charge on any atom is -0.479 e. The van der Waals surface area contributed by atoms with Crippen molar-refractivity contribution < 1.29 is 14.7 Å². The van der Waals surface area contributed by atoms with Crippen LogP contribution in [0.25, 0.3) is 0 Å². The number of aliphatic carboxylic acids is 1. The van der Waals surface area contributed by atoms with Crippen LogP contribution < -0.4 is 10.6 Å². The van der Waals surface area contributed by atoms with E-state index in [1.807, 2.05) is 0 Å². The molecule has 0 aromatic carbocycles. The van der Waals surface area contributed by atoms with E-state index >= 15 is 0 Å². The van der Waals surface area contributed by atoms with Gasteiger partial charge >= 0.3 is 12.0 Å². The number of aromatic nitrogens is 4. The minimum atomic E-state index is -1.17. The molecule has 0 bridgehead atoms. The van der Waals surface area contributed by atoms with E-state index < -0.39 is 18.0 Å². The largest absolute Gasteiger partial charge is 0.479 e. The lowest BCUT2D eigenvalue weighted by Gasteiger charge is -2.13. The van der Waals surface area contributed by atoms with Gasteiger partial charge in [-0.3, -0.25) is 9.78 Å². The van der Waals surface area contributed by atoms with E-state index in [0.717, 1.165) is 0 Å². The highest BCUT2D eigenvalue weighted by atomic mass is 16.4. The van der Waals surface area contributed by atoms with Crippen molar-refractivity contribution in [1.82, 2.24) is 25.3 Å². The zero-order valence-electron chi connectivity index (χ0n) is 11.8. The van der Waals surface area contributed by atoms with Crippen LogP contribution in [0.4, 0.5) is 10.5 Å². The molecule has 0 saturated carbocycles. The summed E-state index contributed by atoms with van der Waals surface area (Å²) in [6, 6.07) is -1.80. The first kappa shape index (κ1) is 14.6. The van der Waals surface area contributed by atoms with Gasteiger partial charge in [0.15, 0.2) is 6.04 Å². The van der Waals surface area contributed by atoms with Crippen molar-refractivity contribution in [1.29, 1.82) is 0 Å². The number of carbonyl (C=O) groups is 2. The van der Waals surface area contributed by atoms with E-state index in [0.29, 0.717) is 22.6 Å². The Morgan fingerprint density at radius 3 is 2.62 bits per heavy atom. The third kappa shape index (κ3) is 3.19. The predicted molar refractivity (Wildman–Crippen MR) is 73.8 cm³/mol. The second-order valence-corrected chi connectivity index (χ2v) is 4.63. The van der Waals surface area contributed by atoms with Gasteiger partial charge in [0.05, 0.1) is 23.3 Å². The summed E-state index contributed by atoms with van der Waals surface area (Å²) in [4.78, 5) is 23.2. The molecule has 2 amide bonds. The molecule has 0 saturated heterocycles. The molecule has 0 aliphatic rings. The van der Waals surface area contributed by atoms with Gasteiger partial charge in [-0.15, -0.1) is 0 Å². The lowest BCUT2D eigenvalue weighted by molar-refractivity contribution is -0.139. The third-order valence-electron chi connectivity index (χ3n) is 2.95. The van der Waals surface area contributed by atoms with Crippen LogP contribution >= 0.6 is 0 Å². The molecule has 2 aromatic heterocycles. The number of rotatable bonds is 4. The molecule has 9 heteroatoms. The van der Waals surface area contributed by atoms with Gasteiger partial charge in [-0.1, -0.05) is 0 Å². The van der Waals surface area contributed by atoms with Gasteiger partial charge < -0.3 is 15.7 Å². The third-order valence-corrected chi connectivity index (χ3v) is 2.95. The molecule has 0 aliphatic carbocycles. The highest BCUT2D eigenvalue weighted by Gasteiger charge is 2.24. The zero-order valence-corrected chi connectivity index (χ0v) is 11.8.